The van der Waals surface area contributed by atoms with E-state index in [0.717, 1.165) is 18.1 Å². The van der Waals surface area contributed by atoms with Gasteiger partial charge in [0, 0.05) is 22.2 Å². The largest absolute Gasteiger partial charge is 0.493 e. The SMILES string of the molecule is CC(C)(C)OC(C(=O)O)c1c(C(F)(F)F)ccc(-n2cc(S)cn2)c1-c1ccc2c(c1)CCCO2. The van der Waals surface area contributed by atoms with Gasteiger partial charge in [0.05, 0.1) is 29.7 Å². The lowest BCUT2D eigenvalue weighted by Gasteiger charge is -2.30. The third kappa shape index (κ3) is 5.33. The maximum atomic E-state index is 14.3. The molecule has 0 amide bonds. The first-order chi connectivity index (χ1) is 16.3. The fourth-order valence-corrected chi connectivity index (χ4v) is 4.33. The first-order valence-corrected chi connectivity index (χ1v) is 11.4. The van der Waals surface area contributed by atoms with Crippen molar-refractivity contribution in [2.45, 2.75) is 56.4 Å². The monoisotopic (exact) mass is 506 g/mol. The Labute approximate surface area is 206 Å². The van der Waals surface area contributed by atoms with Gasteiger partial charge in [-0.2, -0.15) is 18.3 Å². The number of ether oxygens (including phenoxy) is 2. The number of aromatic nitrogens is 2. The number of rotatable bonds is 5. The highest BCUT2D eigenvalue weighted by Gasteiger charge is 2.41. The van der Waals surface area contributed by atoms with Gasteiger partial charge in [0.15, 0.2) is 6.10 Å². The molecular formula is C25H25F3N2O4S. The zero-order chi connectivity index (χ0) is 25.5. The molecule has 0 spiro atoms. The first kappa shape index (κ1) is 25.1. The van der Waals surface area contributed by atoms with Crippen molar-refractivity contribution in [2.75, 3.05) is 6.61 Å². The fraction of sp³-hybridized carbons (Fsp3) is 0.360. The van der Waals surface area contributed by atoms with Crippen LogP contribution < -0.4 is 4.74 Å². The number of aryl methyl sites for hydroxylation is 1. The maximum Gasteiger partial charge on any atom is 0.416 e. The summed E-state index contributed by atoms with van der Waals surface area (Å²) in [6.45, 7) is 5.34. The van der Waals surface area contributed by atoms with Crippen molar-refractivity contribution in [1.82, 2.24) is 9.78 Å². The lowest BCUT2D eigenvalue weighted by atomic mass is 9.88. The highest BCUT2D eigenvalue weighted by Crippen LogP contribution is 2.45. The number of carboxylic acids is 1. The van der Waals surface area contributed by atoms with Crippen molar-refractivity contribution in [1.29, 1.82) is 0 Å². The minimum absolute atomic E-state index is 0.0706. The third-order valence-corrected chi connectivity index (χ3v) is 5.73. The standard InChI is InChI=1S/C25H25F3N2O4S/c1-24(2,3)34-22(23(31)32)21-17(25(26,27)28)7-8-18(30-13-16(35)12-29-30)20(21)15-6-9-19-14(11-15)5-4-10-33-19/h6-9,11-13,22,35H,4-5,10H2,1-3H3,(H,31,32). The lowest BCUT2D eigenvalue weighted by Crippen LogP contribution is -2.30. The van der Waals surface area contributed by atoms with Crippen LogP contribution >= 0.6 is 12.6 Å². The van der Waals surface area contributed by atoms with Crippen LogP contribution in [0.5, 0.6) is 5.75 Å². The summed E-state index contributed by atoms with van der Waals surface area (Å²) in [5.41, 5.74) is -1.01. The normalized spacial score (nSPS) is 14.8. The fourth-order valence-electron chi connectivity index (χ4n) is 4.17. The van der Waals surface area contributed by atoms with Crippen LogP contribution in [0.4, 0.5) is 13.2 Å². The van der Waals surface area contributed by atoms with Crippen LogP contribution in [0, 0.1) is 0 Å². The minimum Gasteiger partial charge on any atom is -0.493 e. The Morgan fingerprint density at radius 2 is 1.97 bits per heavy atom. The van der Waals surface area contributed by atoms with Crippen molar-refractivity contribution >= 4 is 18.6 Å². The van der Waals surface area contributed by atoms with Crippen LogP contribution in [0.25, 0.3) is 16.8 Å². The number of nitrogens with zero attached hydrogens (tertiary/aromatic N) is 2. The van der Waals surface area contributed by atoms with Crippen LogP contribution in [0.3, 0.4) is 0 Å². The molecule has 0 aliphatic carbocycles. The van der Waals surface area contributed by atoms with Crippen molar-refractivity contribution < 1.29 is 32.5 Å². The molecule has 1 aliphatic heterocycles. The predicted molar refractivity (Wildman–Crippen MR) is 126 cm³/mol. The number of alkyl halides is 3. The average molecular weight is 507 g/mol. The lowest BCUT2D eigenvalue weighted by molar-refractivity contribution is -0.163. The van der Waals surface area contributed by atoms with E-state index in [1.807, 2.05) is 0 Å². The highest BCUT2D eigenvalue weighted by molar-refractivity contribution is 7.80. The second-order valence-corrected chi connectivity index (χ2v) is 9.80. The van der Waals surface area contributed by atoms with Crippen molar-refractivity contribution in [3.05, 3.63) is 59.4 Å². The number of hydrogen-bond acceptors (Lipinski definition) is 5. The van der Waals surface area contributed by atoms with Gasteiger partial charge >= 0.3 is 12.1 Å². The van der Waals surface area contributed by atoms with Crippen molar-refractivity contribution in [3.63, 3.8) is 0 Å². The molecule has 1 aromatic heterocycles. The van der Waals surface area contributed by atoms with Crippen LogP contribution in [0.15, 0.2) is 47.6 Å². The molecule has 4 rings (SSSR count). The van der Waals surface area contributed by atoms with E-state index in [2.05, 4.69) is 17.7 Å². The van der Waals surface area contributed by atoms with Gasteiger partial charge in [-0.3, -0.25) is 0 Å². The van der Waals surface area contributed by atoms with E-state index in [9.17, 15) is 23.1 Å². The number of halogens is 3. The van der Waals surface area contributed by atoms with E-state index in [4.69, 9.17) is 9.47 Å². The van der Waals surface area contributed by atoms with E-state index in [0.29, 0.717) is 29.2 Å². The van der Waals surface area contributed by atoms with Gasteiger partial charge in [-0.15, -0.1) is 12.6 Å². The highest BCUT2D eigenvalue weighted by atomic mass is 32.1. The molecule has 0 fully saturated rings. The van der Waals surface area contributed by atoms with Gasteiger partial charge in [0.2, 0.25) is 0 Å². The maximum absolute atomic E-state index is 14.3. The predicted octanol–water partition coefficient (Wildman–Crippen LogP) is 6.11. The molecule has 0 bridgehead atoms. The summed E-state index contributed by atoms with van der Waals surface area (Å²) < 4.78 is 55.7. The Balaban J connectivity index is 2.09. The molecule has 0 saturated heterocycles. The number of benzene rings is 2. The number of hydrogen-bond donors (Lipinski definition) is 2. The Hall–Kier alpha value is -2.98. The molecule has 3 aromatic rings. The van der Waals surface area contributed by atoms with E-state index in [-0.39, 0.29) is 11.3 Å². The average Bonchev–Trinajstić information content (AvgIpc) is 3.21. The quantitative estimate of drug-likeness (QED) is 0.409. The molecule has 1 unspecified atom stereocenters. The van der Waals surface area contributed by atoms with Crippen LogP contribution in [-0.4, -0.2) is 33.1 Å². The number of carboxylic acid groups (broad SMARTS) is 1. The second kappa shape index (κ2) is 9.23. The Kier molecular flexibility index (Phi) is 6.63. The molecule has 1 atom stereocenters. The molecule has 2 heterocycles. The van der Waals surface area contributed by atoms with Crippen LogP contribution in [-0.2, 0) is 22.1 Å². The van der Waals surface area contributed by atoms with Crippen LogP contribution in [0.1, 0.15) is 50.0 Å². The molecule has 1 N–H and O–H groups in total. The van der Waals surface area contributed by atoms with Gasteiger partial charge in [0.1, 0.15) is 5.75 Å². The summed E-state index contributed by atoms with van der Waals surface area (Å²) in [5.74, 6) is -0.868. The topological polar surface area (TPSA) is 73.6 Å². The van der Waals surface area contributed by atoms with E-state index >= 15 is 0 Å². The van der Waals surface area contributed by atoms with Crippen LogP contribution in [0.2, 0.25) is 0 Å². The molecule has 186 valence electrons. The second-order valence-electron chi connectivity index (χ2n) is 9.28. The number of fused-ring (bicyclic) bond motifs is 1. The Bertz CT molecular complexity index is 1260. The zero-order valence-electron chi connectivity index (χ0n) is 19.4. The molecule has 6 nitrogen and oxygen atoms in total. The van der Waals surface area contributed by atoms with Gasteiger partial charge in [0.25, 0.3) is 0 Å². The third-order valence-electron chi connectivity index (χ3n) is 5.50. The van der Waals surface area contributed by atoms with Crippen molar-refractivity contribution in [3.8, 4) is 22.6 Å². The van der Waals surface area contributed by atoms with Crippen molar-refractivity contribution in [2.24, 2.45) is 0 Å². The summed E-state index contributed by atoms with van der Waals surface area (Å²) in [4.78, 5) is 12.9. The first-order valence-electron chi connectivity index (χ1n) is 11.0. The minimum atomic E-state index is -4.83. The van der Waals surface area contributed by atoms with E-state index < -0.39 is 35.0 Å². The summed E-state index contributed by atoms with van der Waals surface area (Å²) in [7, 11) is 0. The smallest absolute Gasteiger partial charge is 0.416 e. The molecule has 2 aromatic carbocycles. The van der Waals surface area contributed by atoms with E-state index in [1.165, 1.54) is 16.9 Å². The molecule has 10 heteroatoms. The van der Waals surface area contributed by atoms with E-state index in [1.54, 1.807) is 45.2 Å². The molecule has 1 aliphatic rings. The number of carbonyl (C=O) groups is 1. The summed E-state index contributed by atoms with van der Waals surface area (Å²) >= 11 is 4.27. The molecule has 0 saturated carbocycles. The summed E-state index contributed by atoms with van der Waals surface area (Å²) in [6, 6.07) is 7.24. The van der Waals surface area contributed by atoms with Gasteiger partial charge < -0.3 is 14.6 Å². The molecule has 0 radical (unpaired) electrons. The zero-order valence-corrected chi connectivity index (χ0v) is 20.3. The van der Waals surface area contributed by atoms with Gasteiger partial charge in [-0.05, 0) is 69.0 Å². The molecule has 35 heavy (non-hydrogen) atoms. The summed E-state index contributed by atoms with van der Waals surface area (Å²) in [6.07, 6.45) is -2.26. The summed E-state index contributed by atoms with van der Waals surface area (Å²) in [5, 5.41) is 14.3. The Morgan fingerprint density at radius 1 is 1.23 bits per heavy atom. The van der Waals surface area contributed by atoms with Gasteiger partial charge in [-0.1, -0.05) is 6.07 Å². The number of thiol groups is 1. The van der Waals surface area contributed by atoms with Gasteiger partial charge in [-0.25, -0.2) is 9.48 Å². The Morgan fingerprint density at radius 3 is 2.57 bits per heavy atom. The number of aliphatic carboxylic acids is 1. The molecular weight excluding hydrogens is 481 g/mol.